The third kappa shape index (κ3) is 4.82. The van der Waals surface area contributed by atoms with Crippen LogP contribution in [0, 0.1) is 0 Å². The average Bonchev–Trinajstić information content (AvgIpc) is 3.24. The van der Waals surface area contributed by atoms with Gasteiger partial charge in [0.25, 0.3) is 0 Å². The molecule has 0 spiro atoms. The molecule has 0 atom stereocenters. The molecule has 0 bridgehead atoms. The molecule has 0 unspecified atom stereocenters. The van der Waals surface area contributed by atoms with Crippen LogP contribution in [0.1, 0.15) is 46.0 Å². The number of aryl methyl sites for hydroxylation is 1. The van der Waals surface area contributed by atoms with E-state index in [9.17, 15) is 4.79 Å². The summed E-state index contributed by atoms with van der Waals surface area (Å²) in [6, 6.07) is 0.329. The van der Waals surface area contributed by atoms with Crippen molar-refractivity contribution in [2.24, 2.45) is 7.05 Å². The number of hydrogen-bond acceptors (Lipinski definition) is 6. The minimum atomic E-state index is 0.0604. The predicted molar refractivity (Wildman–Crippen MR) is 105 cm³/mol. The lowest BCUT2D eigenvalue weighted by Gasteiger charge is -2.22. The first-order chi connectivity index (χ1) is 13.1. The minimum absolute atomic E-state index is 0.0604. The number of ether oxygens (including phenoxy) is 1. The van der Waals surface area contributed by atoms with Crippen LogP contribution in [-0.4, -0.2) is 48.9 Å². The number of rotatable bonds is 8. The van der Waals surface area contributed by atoms with Gasteiger partial charge in [-0.1, -0.05) is 31.0 Å². The molecular weight excluding hydrogens is 364 g/mol. The molecule has 1 aliphatic carbocycles. The molecule has 1 saturated carbocycles. The second-order valence-electron chi connectivity index (χ2n) is 6.69. The molecule has 1 N–H and O–H groups in total. The van der Waals surface area contributed by atoms with Crippen LogP contribution in [0.15, 0.2) is 11.4 Å². The van der Waals surface area contributed by atoms with E-state index >= 15 is 0 Å². The number of hydrogen-bond donors (Lipinski definition) is 1. The fourth-order valence-electron chi connectivity index (χ4n) is 3.28. The zero-order chi connectivity index (χ0) is 19.2. The van der Waals surface area contributed by atoms with Crippen LogP contribution in [0.25, 0.3) is 11.4 Å². The largest absolute Gasteiger partial charge is 0.476 e. The molecule has 0 radical (unpaired) electrons. The van der Waals surface area contributed by atoms with Crippen LogP contribution < -0.4 is 10.1 Å². The average molecular weight is 393 g/mol. The lowest BCUT2D eigenvalue weighted by Crippen LogP contribution is -2.37. The highest BCUT2D eigenvalue weighted by atomic mass is 32.2. The summed E-state index contributed by atoms with van der Waals surface area (Å²) < 4.78 is 9.34. The Balaban J connectivity index is 1.65. The first-order valence-corrected chi connectivity index (χ1v) is 10.6. The third-order valence-electron chi connectivity index (χ3n) is 4.71. The third-order valence-corrected chi connectivity index (χ3v) is 5.73. The molecule has 2 heterocycles. The Bertz CT molecular complexity index is 766. The summed E-state index contributed by atoms with van der Waals surface area (Å²) in [5, 5.41) is 16.8. The number of carbonyl (C=O) groups is 1. The first-order valence-electron chi connectivity index (χ1n) is 9.64. The Morgan fingerprint density at radius 1 is 1.30 bits per heavy atom. The Hall–Kier alpha value is -2.03. The summed E-state index contributed by atoms with van der Waals surface area (Å²) in [5.74, 6) is 1.65. The van der Waals surface area contributed by atoms with Crippen LogP contribution in [0.4, 0.5) is 0 Å². The van der Waals surface area contributed by atoms with Crippen LogP contribution in [0.5, 0.6) is 5.88 Å². The summed E-state index contributed by atoms with van der Waals surface area (Å²) in [5.41, 5.74) is 0.812. The van der Waals surface area contributed by atoms with Crippen LogP contribution in [0.3, 0.4) is 0 Å². The summed E-state index contributed by atoms with van der Waals surface area (Å²) in [4.78, 5) is 12.2. The predicted octanol–water partition coefficient (Wildman–Crippen LogP) is 2.64. The van der Waals surface area contributed by atoms with E-state index in [1.165, 1.54) is 31.0 Å². The van der Waals surface area contributed by atoms with Gasteiger partial charge in [-0.05, 0) is 26.7 Å². The summed E-state index contributed by atoms with van der Waals surface area (Å²) >= 11 is 1.40. The lowest BCUT2D eigenvalue weighted by molar-refractivity contribution is -0.119. The Morgan fingerprint density at radius 2 is 2.07 bits per heavy atom. The second-order valence-corrected chi connectivity index (χ2v) is 7.64. The van der Waals surface area contributed by atoms with E-state index in [1.807, 2.05) is 36.3 Å². The Labute approximate surface area is 164 Å². The molecule has 0 aromatic carbocycles. The number of nitrogens with one attached hydrogen (secondary N) is 1. The van der Waals surface area contributed by atoms with Crippen molar-refractivity contribution in [1.82, 2.24) is 29.9 Å². The molecule has 0 aliphatic heterocycles. The van der Waals surface area contributed by atoms with E-state index in [1.54, 1.807) is 0 Å². The quantitative estimate of drug-likeness (QED) is 0.695. The van der Waals surface area contributed by atoms with Crippen molar-refractivity contribution in [3.05, 3.63) is 6.20 Å². The van der Waals surface area contributed by atoms with Crippen molar-refractivity contribution in [3.63, 3.8) is 0 Å². The maximum atomic E-state index is 12.2. The maximum absolute atomic E-state index is 12.2. The van der Waals surface area contributed by atoms with Crippen LogP contribution in [-0.2, 0) is 18.4 Å². The van der Waals surface area contributed by atoms with Gasteiger partial charge in [0.1, 0.15) is 5.56 Å². The molecular formula is C18H28N6O2S. The van der Waals surface area contributed by atoms with Crippen molar-refractivity contribution in [3.8, 4) is 17.3 Å². The number of nitrogens with zero attached hydrogens (tertiary/aromatic N) is 5. The molecule has 1 fully saturated rings. The van der Waals surface area contributed by atoms with Gasteiger partial charge in [0.05, 0.1) is 12.4 Å². The second kappa shape index (κ2) is 9.25. The Morgan fingerprint density at radius 3 is 2.78 bits per heavy atom. The van der Waals surface area contributed by atoms with Crippen molar-refractivity contribution in [1.29, 1.82) is 0 Å². The monoisotopic (exact) mass is 392 g/mol. The van der Waals surface area contributed by atoms with Crippen molar-refractivity contribution >= 4 is 17.7 Å². The van der Waals surface area contributed by atoms with E-state index in [0.29, 0.717) is 35.3 Å². The van der Waals surface area contributed by atoms with Crippen molar-refractivity contribution in [2.45, 2.75) is 63.7 Å². The maximum Gasteiger partial charge on any atom is 0.243 e. The fraction of sp³-hybridized carbons (Fsp3) is 0.667. The molecule has 1 aliphatic rings. The van der Waals surface area contributed by atoms with Gasteiger partial charge in [0.2, 0.25) is 11.8 Å². The van der Waals surface area contributed by atoms with E-state index in [4.69, 9.17) is 4.74 Å². The smallest absolute Gasteiger partial charge is 0.243 e. The standard InChI is InChI=1S/C18H28N6O2S/c1-4-24-11-14(17(22-24)26-5-2)16-20-21-18(23(16)3)27-12-15(25)19-13-9-7-6-8-10-13/h11,13H,4-10,12H2,1-3H3,(H,19,25). The van der Waals surface area contributed by atoms with Gasteiger partial charge >= 0.3 is 0 Å². The Kier molecular flexibility index (Phi) is 6.76. The molecule has 2 aromatic rings. The van der Waals surface area contributed by atoms with Gasteiger partial charge in [0.15, 0.2) is 11.0 Å². The van der Waals surface area contributed by atoms with E-state index in [0.717, 1.165) is 24.9 Å². The highest BCUT2D eigenvalue weighted by molar-refractivity contribution is 7.99. The fourth-order valence-corrected chi connectivity index (χ4v) is 4.01. The highest BCUT2D eigenvalue weighted by Crippen LogP contribution is 2.29. The summed E-state index contributed by atoms with van der Waals surface area (Å²) in [6.07, 6.45) is 7.79. The zero-order valence-corrected chi connectivity index (χ0v) is 17.1. The van der Waals surface area contributed by atoms with Crippen LogP contribution in [0.2, 0.25) is 0 Å². The lowest BCUT2D eigenvalue weighted by atomic mass is 9.95. The van der Waals surface area contributed by atoms with E-state index < -0.39 is 0 Å². The summed E-state index contributed by atoms with van der Waals surface area (Å²) in [7, 11) is 1.90. The van der Waals surface area contributed by atoms with Crippen molar-refractivity contribution < 1.29 is 9.53 Å². The normalized spacial score (nSPS) is 15.1. The molecule has 8 nitrogen and oxygen atoms in total. The molecule has 27 heavy (non-hydrogen) atoms. The van der Waals surface area contributed by atoms with E-state index in [2.05, 4.69) is 20.6 Å². The SMILES string of the molecule is CCOc1nn(CC)cc1-c1nnc(SCC(=O)NC2CCCCC2)n1C. The first kappa shape index (κ1) is 19.7. The zero-order valence-electron chi connectivity index (χ0n) is 16.3. The van der Waals surface area contributed by atoms with Gasteiger partial charge in [-0.3, -0.25) is 9.48 Å². The topological polar surface area (TPSA) is 86.9 Å². The van der Waals surface area contributed by atoms with Gasteiger partial charge < -0.3 is 14.6 Å². The van der Waals surface area contributed by atoms with Crippen LogP contribution >= 0.6 is 11.8 Å². The molecule has 0 saturated heterocycles. The number of thioether (sulfide) groups is 1. The molecule has 148 valence electrons. The number of carbonyl (C=O) groups excluding carboxylic acids is 1. The minimum Gasteiger partial charge on any atom is -0.476 e. The molecule has 2 aromatic heterocycles. The van der Waals surface area contributed by atoms with Gasteiger partial charge in [0, 0.05) is 25.8 Å². The number of aromatic nitrogens is 5. The highest BCUT2D eigenvalue weighted by Gasteiger charge is 2.20. The molecule has 3 rings (SSSR count). The molecule has 9 heteroatoms. The van der Waals surface area contributed by atoms with Gasteiger partial charge in [-0.25, -0.2) is 0 Å². The van der Waals surface area contributed by atoms with Crippen molar-refractivity contribution in [2.75, 3.05) is 12.4 Å². The van der Waals surface area contributed by atoms with Gasteiger partial charge in [-0.15, -0.1) is 15.3 Å². The summed E-state index contributed by atoms with van der Waals surface area (Å²) in [6.45, 7) is 5.24. The van der Waals surface area contributed by atoms with Gasteiger partial charge in [-0.2, -0.15) is 0 Å². The van der Waals surface area contributed by atoms with E-state index in [-0.39, 0.29) is 5.91 Å². The molecule has 1 amide bonds. The number of amides is 1.